The van der Waals surface area contributed by atoms with Crippen LogP contribution in [0.1, 0.15) is 12.8 Å². The molecule has 0 spiro atoms. The molecular formula is C11H19NO4S. The third-order valence-corrected chi connectivity index (χ3v) is 4.64. The fraction of sp³-hybridized carbons (Fsp3) is 0.727. The van der Waals surface area contributed by atoms with Gasteiger partial charge in [-0.25, -0.2) is 13.2 Å². The Bertz CT molecular complexity index is 374. The lowest BCUT2D eigenvalue weighted by Gasteiger charge is -2.26. The first kappa shape index (κ1) is 14.2. The van der Waals surface area contributed by atoms with Gasteiger partial charge in [0.2, 0.25) is 0 Å². The van der Waals surface area contributed by atoms with Crippen molar-refractivity contribution in [2.75, 3.05) is 31.6 Å². The van der Waals surface area contributed by atoms with Gasteiger partial charge in [-0.05, 0) is 25.8 Å². The maximum absolute atomic E-state index is 11.2. The summed E-state index contributed by atoms with van der Waals surface area (Å²) in [7, 11) is -0.878. The summed E-state index contributed by atoms with van der Waals surface area (Å²) >= 11 is 0. The Balaban J connectivity index is 2.28. The Morgan fingerprint density at radius 3 is 2.53 bits per heavy atom. The van der Waals surface area contributed by atoms with Crippen LogP contribution >= 0.6 is 0 Å². The molecule has 1 N–H and O–H groups in total. The second-order valence-electron chi connectivity index (χ2n) is 4.56. The Morgan fingerprint density at radius 1 is 1.41 bits per heavy atom. The van der Waals surface area contributed by atoms with Crippen molar-refractivity contribution in [3.05, 3.63) is 12.2 Å². The van der Waals surface area contributed by atoms with E-state index in [-0.39, 0.29) is 11.5 Å². The van der Waals surface area contributed by atoms with Crippen molar-refractivity contribution in [1.82, 2.24) is 4.90 Å². The second-order valence-corrected chi connectivity index (χ2v) is 6.86. The number of hydrogen-bond acceptors (Lipinski definition) is 4. The monoisotopic (exact) mass is 261 g/mol. The van der Waals surface area contributed by atoms with Crippen LogP contribution in [0, 0.1) is 5.92 Å². The number of carboxylic acids is 1. The number of likely N-dealkylation sites (N-methyl/N-ethyl adjacent to an activating group) is 1. The molecule has 0 atom stereocenters. The number of rotatable bonds is 5. The molecule has 0 aromatic heterocycles. The lowest BCUT2D eigenvalue weighted by Crippen LogP contribution is -2.32. The Kier molecular flexibility index (Phi) is 5.14. The highest BCUT2D eigenvalue weighted by Gasteiger charge is 2.23. The highest BCUT2D eigenvalue weighted by molar-refractivity contribution is 7.91. The quantitative estimate of drug-likeness (QED) is 0.724. The van der Waals surface area contributed by atoms with Crippen LogP contribution in [0.5, 0.6) is 0 Å². The second kappa shape index (κ2) is 6.16. The van der Waals surface area contributed by atoms with E-state index in [1.54, 1.807) is 6.08 Å². The number of nitrogens with zero attached hydrogens (tertiary/aromatic N) is 1. The molecule has 1 aliphatic rings. The van der Waals surface area contributed by atoms with E-state index in [2.05, 4.69) is 0 Å². The van der Waals surface area contributed by atoms with Crippen molar-refractivity contribution in [3.8, 4) is 0 Å². The fourth-order valence-corrected chi connectivity index (χ4v) is 3.56. The van der Waals surface area contributed by atoms with Crippen LogP contribution in [0.25, 0.3) is 0 Å². The predicted molar refractivity (Wildman–Crippen MR) is 65.7 cm³/mol. The minimum absolute atomic E-state index is 0.288. The molecule has 0 aromatic rings. The highest BCUT2D eigenvalue weighted by atomic mass is 32.2. The van der Waals surface area contributed by atoms with E-state index >= 15 is 0 Å². The Labute approximate surface area is 102 Å². The zero-order valence-corrected chi connectivity index (χ0v) is 10.8. The van der Waals surface area contributed by atoms with Gasteiger partial charge in [0.15, 0.2) is 0 Å². The first-order chi connectivity index (χ1) is 7.89. The smallest absolute Gasteiger partial charge is 0.328 e. The van der Waals surface area contributed by atoms with Gasteiger partial charge in [0.1, 0.15) is 9.84 Å². The first-order valence-corrected chi connectivity index (χ1v) is 7.49. The molecule has 6 heteroatoms. The molecule has 0 aromatic carbocycles. The third-order valence-electron chi connectivity index (χ3n) is 2.92. The summed E-state index contributed by atoms with van der Waals surface area (Å²) in [5.74, 6) is 0.0383. The van der Waals surface area contributed by atoms with Crippen LogP contribution in [0.3, 0.4) is 0 Å². The van der Waals surface area contributed by atoms with Gasteiger partial charge in [0.05, 0.1) is 11.5 Å². The fourth-order valence-electron chi connectivity index (χ4n) is 1.97. The van der Waals surface area contributed by atoms with Crippen molar-refractivity contribution in [2.45, 2.75) is 12.8 Å². The molecule has 0 bridgehead atoms. The molecule has 17 heavy (non-hydrogen) atoms. The van der Waals surface area contributed by atoms with Gasteiger partial charge in [0, 0.05) is 19.2 Å². The van der Waals surface area contributed by atoms with Crippen LogP contribution in [0.15, 0.2) is 12.2 Å². The van der Waals surface area contributed by atoms with Gasteiger partial charge < -0.3 is 10.0 Å². The van der Waals surface area contributed by atoms with Gasteiger partial charge in [-0.2, -0.15) is 0 Å². The van der Waals surface area contributed by atoms with E-state index in [1.165, 1.54) is 0 Å². The maximum Gasteiger partial charge on any atom is 0.328 e. The number of sulfone groups is 1. The van der Waals surface area contributed by atoms with E-state index in [4.69, 9.17) is 5.11 Å². The van der Waals surface area contributed by atoms with Gasteiger partial charge in [-0.3, -0.25) is 0 Å². The molecule has 0 saturated carbocycles. The molecule has 1 rings (SSSR count). The topological polar surface area (TPSA) is 74.7 Å². The molecule has 0 radical (unpaired) electrons. The normalized spacial score (nSPS) is 21.1. The first-order valence-electron chi connectivity index (χ1n) is 5.67. The van der Waals surface area contributed by atoms with Crippen molar-refractivity contribution in [2.24, 2.45) is 5.92 Å². The van der Waals surface area contributed by atoms with Crippen LogP contribution in [0.2, 0.25) is 0 Å². The lowest BCUT2D eigenvalue weighted by molar-refractivity contribution is -0.131. The molecule has 1 saturated heterocycles. The van der Waals surface area contributed by atoms with Crippen LogP contribution in [0.4, 0.5) is 0 Å². The summed E-state index contributed by atoms with van der Waals surface area (Å²) in [6.45, 7) is 1.40. The zero-order chi connectivity index (χ0) is 12.9. The van der Waals surface area contributed by atoms with E-state index in [9.17, 15) is 13.2 Å². The van der Waals surface area contributed by atoms with Crippen LogP contribution < -0.4 is 0 Å². The summed E-state index contributed by atoms with van der Waals surface area (Å²) in [5.41, 5.74) is 0. The number of aliphatic carboxylic acids is 1. The molecule has 0 unspecified atom stereocenters. The van der Waals surface area contributed by atoms with Crippen molar-refractivity contribution in [3.63, 3.8) is 0 Å². The number of carboxylic acid groups (broad SMARTS) is 1. The largest absolute Gasteiger partial charge is 0.478 e. The molecule has 1 aliphatic heterocycles. The van der Waals surface area contributed by atoms with Gasteiger partial charge in [0.25, 0.3) is 0 Å². The van der Waals surface area contributed by atoms with E-state index in [0.717, 1.165) is 25.5 Å². The predicted octanol–water partition coefficient (Wildman–Crippen LogP) is 0.384. The van der Waals surface area contributed by atoms with E-state index < -0.39 is 15.8 Å². The summed E-state index contributed by atoms with van der Waals surface area (Å²) in [6.07, 6.45) is 4.16. The van der Waals surface area contributed by atoms with Crippen molar-refractivity contribution in [1.29, 1.82) is 0 Å². The Morgan fingerprint density at radius 2 is 2.00 bits per heavy atom. The SMILES string of the molecule is CN(C/C=C/C(=O)O)CC1CCS(=O)(=O)CC1. The van der Waals surface area contributed by atoms with Crippen molar-refractivity contribution < 1.29 is 18.3 Å². The molecule has 1 fully saturated rings. The molecule has 5 nitrogen and oxygen atoms in total. The molecule has 1 heterocycles. The van der Waals surface area contributed by atoms with Gasteiger partial charge >= 0.3 is 5.97 Å². The number of hydrogen-bond donors (Lipinski definition) is 1. The molecule has 0 aliphatic carbocycles. The lowest BCUT2D eigenvalue weighted by atomic mass is 10.0. The molecule has 98 valence electrons. The third kappa shape index (κ3) is 5.83. The van der Waals surface area contributed by atoms with Crippen molar-refractivity contribution >= 4 is 15.8 Å². The Hall–Kier alpha value is -0.880. The van der Waals surface area contributed by atoms with Crippen LogP contribution in [-0.2, 0) is 14.6 Å². The summed E-state index contributed by atoms with van der Waals surface area (Å²) in [4.78, 5) is 12.3. The maximum atomic E-state index is 11.2. The minimum atomic E-state index is -2.79. The summed E-state index contributed by atoms with van der Waals surface area (Å²) in [5, 5.41) is 8.43. The average molecular weight is 261 g/mol. The highest BCUT2D eigenvalue weighted by Crippen LogP contribution is 2.19. The van der Waals surface area contributed by atoms with Gasteiger partial charge in [-0.1, -0.05) is 6.08 Å². The number of carbonyl (C=O) groups is 1. The summed E-state index contributed by atoms with van der Waals surface area (Å²) < 4.78 is 22.5. The van der Waals surface area contributed by atoms with E-state index in [0.29, 0.717) is 12.5 Å². The molecule has 0 amide bonds. The average Bonchev–Trinajstić information content (AvgIpc) is 2.21. The summed E-state index contributed by atoms with van der Waals surface area (Å²) in [6, 6.07) is 0. The zero-order valence-electron chi connectivity index (χ0n) is 10.0. The standard InChI is InChI=1S/C11H19NO4S/c1-12(6-2-3-11(13)14)9-10-4-7-17(15,16)8-5-10/h2-3,10H,4-9H2,1H3,(H,13,14)/b3-2+. The van der Waals surface area contributed by atoms with Gasteiger partial charge in [-0.15, -0.1) is 0 Å². The van der Waals surface area contributed by atoms with E-state index in [1.807, 2.05) is 11.9 Å². The van der Waals surface area contributed by atoms with Crippen LogP contribution in [-0.4, -0.2) is 56.0 Å². The minimum Gasteiger partial charge on any atom is -0.478 e. The molecular weight excluding hydrogens is 242 g/mol.